The summed E-state index contributed by atoms with van der Waals surface area (Å²) >= 11 is 3.42. The molecule has 4 aromatic carbocycles. The average molecular weight is 1710 g/mol. The summed E-state index contributed by atoms with van der Waals surface area (Å²) in [5.41, 5.74) is 10.9. The van der Waals surface area contributed by atoms with Gasteiger partial charge >= 0.3 is 41.0 Å². The van der Waals surface area contributed by atoms with Crippen molar-refractivity contribution < 1.29 is 67.0 Å². The highest BCUT2D eigenvalue weighted by Crippen LogP contribution is 2.31. The molecule has 0 radical (unpaired) electrons. The zero-order valence-corrected chi connectivity index (χ0v) is 70.9. The van der Waals surface area contributed by atoms with Gasteiger partial charge in [-0.15, -0.1) is 18.8 Å². The quantitative estimate of drug-likeness (QED) is 0.0219. The number of imide groups is 4. The fourth-order valence-corrected chi connectivity index (χ4v) is 14.0. The van der Waals surface area contributed by atoms with Gasteiger partial charge in [-0.3, -0.25) is 96.2 Å². The van der Waals surface area contributed by atoms with Gasteiger partial charge in [-0.25, -0.2) is 33.6 Å². The van der Waals surface area contributed by atoms with E-state index in [1.807, 2.05) is 48.5 Å². The molecule has 11 amide bonds. The maximum Gasteiger partial charge on any atom is 0.408 e. The number of nitrogens with two attached hydrogens (primary N) is 1. The van der Waals surface area contributed by atoms with Gasteiger partial charge in [0.25, 0.3) is 0 Å². The van der Waals surface area contributed by atoms with E-state index in [9.17, 15) is 71.9 Å². The summed E-state index contributed by atoms with van der Waals surface area (Å²) in [6.07, 6.45) is 8.44. The summed E-state index contributed by atoms with van der Waals surface area (Å²) in [4.78, 5) is 179. The number of amides is 11. The van der Waals surface area contributed by atoms with Crippen LogP contribution in [0.1, 0.15) is 167 Å². The first-order valence-corrected chi connectivity index (χ1v) is 37.8. The van der Waals surface area contributed by atoms with Crippen LogP contribution in [-0.2, 0) is 93.6 Å². The molecule has 34 nitrogen and oxygen atoms in total. The highest BCUT2D eigenvalue weighted by atomic mass is 79.9. The molecule has 4 saturated heterocycles. The summed E-state index contributed by atoms with van der Waals surface area (Å²) in [6, 6.07) is 19.3. The van der Waals surface area contributed by atoms with E-state index < -0.39 is 82.9 Å². The molecule has 8 aromatic rings. The van der Waals surface area contributed by atoms with Crippen LogP contribution >= 0.6 is 38.2 Å². The number of terminal acetylenes is 1. The van der Waals surface area contributed by atoms with E-state index in [1.165, 1.54) is 32.0 Å². The number of ether oxygens (including phenoxy) is 3. The number of piperidine rings is 4. The molecule has 4 fully saturated rings. The maximum absolute atomic E-state index is 12.9. The maximum atomic E-state index is 12.9. The lowest BCUT2D eigenvalue weighted by Gasteiger charge is -2.22. The number of imidazole rings is 4. The normalized spacial score (nSPS) is 16.7. The number of hydrogen-bond acceptors (Lipinski definition) is 19. The van der Waals surface area contributed by atoms with Gasteiger partial charge in [0.15, 0.2) is 0 Å². The van der Waals surface area contributed by atoms with Crippen LogP contribution in [0.3, 0.4) is 0 Å². The molecule has 624 valence electrons. The van der Waals surface area contributed by atoms with Crippen LogP contribution < -0.4 is 65.7 Å². The predicted octanol–water partition coefficient (Wildman–Crippen LogP) is 5.88. The van der Waals surface area contributed by atoms with Gasteiger partial charge in [-0.2, -0.15) is 9.90 Å². The first-order chi connectivity index (χ1) is 53.7. The Kier molecular flexibility index (Phi) is 32.4. The van der Waals surface area contributed by atoms with Crippen molar-refractivity contribution in [3.8, 4) is 24.2 Å². The Labute approximate surface area is 685 Å². The standard InChI is InChI=1S/C21H28N4O5.C21H24N4O5.C16H20N4O3.C13H12BrN3O3.C8H13NO2.ClH.H3P/c2*1-21(2,3)30-19(28)22-12-6-8-13-7-5-9-14-17(13)24(4)20(29)25(14)15-10-11-16(26)23-18(15)27;1-19-14-10(5-3-9-17)4-2-6-11(14)20(16(19)23)12-7-8-13(21)18-15(12)22;1-16-11-7(14)3-2-4-8(11)17(13(16)20)9-5-6-10(18)15-12(9)19;1-5-6-9-7(10)11-8(2,3)4;;/h5,7,9,15H,6,8,10-12H2,1-4H3,(H,22,28)(H,23,26,27);5,7,9,15H,10-12H2,1-4H3,(H,22,28)(H,23,26,27);2,4,6,12H,3,5,7-9,17H2,1H3,(H,18,21,22);2-4,9H,5-6H2,1H3,(H,15,18,19);1H,6H2,2-4H3,(H,9,10);1H;1H3. The molecule has 0 bridgehead atoms. The molecule has 5 atom stereocenters. The molecular formula is C79H101BrClN16O18P. The first kappa shape index (κ1) is 93.5. The SMILES string of the molecule is C#CCNC(=O)OC(C)(C)C.Cl.Cn1c(=O)n(C2CCC(=O)NC2=O)c2cccc(Br)c21.Cn1c(=O)n(C2CCC(=O)NC2=O)c2cccc(C#CCNC(=O)OC(C)(C)C)c21.Cn1c(=O)n(C2CCC(=O)NC2=O)c2cccc(CCCN)c21.Cn1c(=O)n(C2CCC(=O)NC2=O)c2cccc(CCCNC(=O)OC(C)(C)C)c21.P. The van der Waals surface area contributed by atoms with Crippen LogP contribution in [0, 0.1) is 24.2 Å². The fraction of sp³-hybridized carbons (Fsp3) is 0.456. The molecule has 37 heteroatoms. The Hall–Kier alpha value is -11.4. The number of para-hydroxylation sites is 4. The van der Waals surface area contributed by atoms with Crippen LogP contribution in [-0.4, -0.2) is 145 Å². The zero-order valence-electron chi connectivity index (χ0n) is 67.1. The van der Waals surface area contributed by atoms with E-state index in [-0.39, 0.29) is 114 Å². The van der Waals surface area contributed by atoms with Gasteiger partial charge in [-0.1, -0.05) is 54.2 Å². The van der Waals surface area contributed by atoms with Gasteiger partial charge in [0, 0.05) is 64.9 Å². The third kappa shape index (κ3) is 23.2. The predicted molar refractivity (Wildman–Crippen MR) is 445 cm³/mol. The van der Waals surface area contributed by atoms with Crippen molar-refractivity contribution in [2.75, 3.05) is 26.2 Å². The third-order valence-electron chi connectivity index (χ3n) is 18.2. The Morgan fingerprint density at radius 2 is 0.776 bits per heavy atom. The Morgan fingerprint density at radius 1 is 0.466 bits per heavy atom. The molecule has 0 spiro atoms. The number of hydrogen-bond donors (Lipinski definition) is 8. The van der Waals surface area contributed by atoms with Gasteiger partial charge < -0.3 is 35.9 Å². The third-order valence-corrected chi connectivity index (χ3v) is 18.9. The van der Waals surface area contributed by atoms with Crippen LogP contribution in [0.5, 0.6) is 0 Å². The molecule has 12 rings (SSSR count). The summed E-state index contributed by atoms with van der Waals surface area (Å²) in [6.45, 7) is 17.4. The van der Waals surface area contributed by atoms with Gasteiger partial charge in [0.05, 0.1) is 62.8 Å². The summed E-state index contributed by atoms with van der Waals surface area (Å²) in [7, 11) is 6.66. The highest BCUT2D eigenvalue weighted by molar-refractivity contribution is 9.10. The molecule has 4 aliphatic rings. The number of carbonyl (C=O) groups is 11. The van der Waals surface area contributed by atoms with Crippen LogP contribution in [0.15, 0.2) is 96.4 Å². The highest BCUT2D eigenvalue weighted by Gasteiger charge is 2.36. The van der Waals surface area contributed by atoms with E-state index >= 15 is 0 Å². The second kappa shape index (κ2) is 40.3. The number of benzene rings is 4. The van der Waals surface area contributed by atoms with E-state index in [1.54, 1.807) is 119 Å². The minimum absolute atomic E-state index is 0. The van der Waals surface area contributed by atoms with Crippen molar-refractivity contribution in [1.82, 2.24) is 73.8 Å². The number of nitrogens with one attached hydrogen (secondary N) is 7. The Bertz CT molecular complexity index is 5470. The van der Waals surface area contributed by atoms with Gasteiger partial charge in [0.2, 0.25) is 47.3 Å². The lowest BCUT2D eigenvalue weighted by Crippen LogP contribution is -2.44. The molecule has 8 heterocycles. The fourth-order valence-electron chi connectivity index (χ4n) is 13.4. The zero-order chi connectivity index (χ0) is 84.0. The molecule has 4 aliphatic heterocycles. The minimum Gasteiger partial charge on any atom is -0.444 e. The minimum atomic E-state index is -0.754. The Morgan fingerprint density at radius 3 is 1.13 bits per heavy atom. The van der Waals surface area contributed by atoms with Crippen LogP contribution in [0.2, 0.25) is 0 Å². The number of alkyl carbamates (subject to hydrolysis) is 3. The average Bonchev–Trinajstić information content (AvgIpc) is 1.62. The summed E-state index contributed by atoms with van der Waals surface area (Å²) in [5, 5.41) is 16.9. The number of halogens is 2. The summed E-state index contributed by atoms with van der Waals surface area (Å²) in [5.74, 6) is 5.07. The molecule has 4 aromatic heterocycles. The largest absolute Gasteiger partial charge is 0.444 e. The topological polar surface area (TPSA) is 433 Å². The van der Waals surface area contributed by atoms with E-state index in [0.717, 1.165) is 50.5 Å². The molecule has 5 unspecified atom stereocenters. The number of aryl methyl sites for hydroxylation is 6. The number of nitrogens with zero attached hydrogens (tertiary/aromatic N) is 8. The van der Waals surface area contributed by atoms with Crippen molar-refractivity contribution >= 4 is 148 Å². The van der Waals surface area contributed by atoms with Crippen molar-refractivity contribution in [3.63, 3.8) is 0 Å². The number of fused-ring (bicyclic) bond motifs is 4. The summed E-state index contributed by atoms with van der Waals surface area (Å²) < 4.78 is 28.0. The van der Waals surface area contributed by atoms with Gasteiger partial charge in [0.1, 0.15) is 41.0 Å². The van der Waals surface area contributed by atoms with Crippen molar-refractivity contribution in [1.29, 1.82) is 0 Å². The number of aromatic nitrogens is 8. The second-order valence-corrected chi connectivity index (χ2v) is 31.1. The van der Waals surface area contributed by atoms with Crippen molar-refractivity contribution in [3.05, 3.63) is 136 Å². The smallest absolute Gasteiger partial charge is 0.408 e. The number of carbonyl (C=O) groups excluding carboxylic acids is 11. The Balaban J connectivity index is 0.000000231. The second-order valence-electron chi connectivity index (χ2n) is 30.2. The number of rotatable bonds is 13. The van der Waals surface area contributed by atoms with Crippen molar-refractivity contribution in [2.45, 2.75) is 180 Å². The first-order valence-electron chi connectivity index (χ1n) is 37.0. The lowest BCUT2D eigenvalue weighted by atomic mass is 10.0. The van der Waals surface area contributed by atoms with E-state index in [4.69, 9.17) is 26.4 Å². The van der Waals surface area contributed by atoms with E-state index in [0.29, 0.717) is 72.8 Å². The van der Waals surface area contributed by atoms with Crippen LogP contribution in [0.25, 0.3) is 44.1 Å². The lowest BCUT2D eigenvalue weighted by molar-refractivity contribution is -0.137. The molecule has 0 aliphatic carbocycles. The molecule has 9 N–H and O–H groups in total. The van der Waals surface area contributed by atoms with Gasteiger partial charge in [-0.05, 0) is 184 Å². The monoisotopic (exact) mass is 1710 g/mol. The molecule has 0 saturated carbocycles. The van der Waals surface area contributed by atoms with Crippen molar-refractivity contribution in [2.24, 2.45) is 33.9 Å². The molecule has 116 heavy (non-hydrogen) atoms. The van der Waals surface area contributed by atoms with E-state index in [2.05, 4.69) is 70.9 Å². The molecular weight excluding hydrogens is 1610 g/mol. The van der Waals surface area contributed by atoms with Crippen LogP contribution in [0.4, 0.5) is 14.4 Å².